The van der Waals surface area contributed by atoms with Gasteiger partial charge in [0.1, 0.15) is 0 Å². The zero-order valence-electron chi connectivity index (χ0n) is 16.3. The Kier molecular flexibility index (Phi) is 5.53. The van der Waals surface area contributed by atoms with Crippen LogP contribution in [0.25, 0.3) is 0 Å². The molecule has 4 aromatic carbocycles. The van der Waals surface area contributed by atoms with Gasteiger partial charge in [0.05, 0.1) is 0 Å². The summed E-state index contributed by atoms with van der Waals surface area (Å²) in [7, 11) is 0. The lowest BCUT2D eigenvalue weighted by Gasteiger charge is -2.25. The molecule has 4 rings (SSSR count). The van der Waals surface area contributed by atoms with Gasteiger partial charge in [-0.2, -0.15) is 0 Å². The fourth-order valence-electron chi connectivity index (χ4n) is 3.46. The minimum Gasteiger partial charge on any atom is -0.311 e. The van der Waals surface area contributed by atoms with Gasteiger partial charge >= 0.3 is 0 Å². The molecule has 1 heteroatoms. The SMILES string of the molecule is Cc1ccc(CCc2ccc(N(c3ccccc3)c3ccccc3)cc2)cc1. The quantitative estimate of drug-likeness (QED) is 0.349. The first-order valence-corrected chi connectivity index (χ1v) is 9.84. The highest BCUT2D eigenvalue weighted by Gasteiger charge is 2.11. The van der Waals surface area contributed by atoms with Gasteiger partial charge in [0, 0.05) is 17.1 Å². The van der Waals surface area contributed by atoms with Gasteiger partial charge in [0.15, 0.2) is 0 Å². The van der Waals surface area contributed by atoms with Gasteiger partial charge in [0.2, 0.25) is 0 Å². The topological polar surface area (TPSA) is 3.24 Å². The normalized spacial score (nSPS) is 10.6. The van der Waals surface area contributed by atoms with Gasteiger partial charge in [-0.15, -0.1) is 0 Å². The summed E-state index contributed by atoms with van der Waals surface area (Å²) < 4.78 is 0. The van der Waals surface area contributed by atoms with Crippen molar-refractivity contribution in [3.05, 3.63) is 126 Å². The summed E-state index contributed by atoms with van der Waals surface area (Å²) >= 11 is 0. The Morgan fingerprint density at radius 3 is 1.32 bits per heavy atom. The average molecular weight is 364 g/mol. The Morgan fingerprint density at radius 1 is 0.464 bits per heavy atom. The van der Waals surface area contributed by atoms with E-state index in [0.717, 1.165) is 12.8 Å². The smallest absolute Gasteiger partial charge is 0.0461 e. The van der Waals surface area contributed by atoms with E-state index in [9.17, 15) is 0 Å². The third-order valence-electron chi connectivity index (χ3n) is 5.05. The van der Waals surface area contributed by atoms with Gasteiger partial charge in [-0.1, -0.05) is 78.4 Å². The first-order valence-electron chi connectivity index (χ1n) is 9.84. The van der Waals surface area contributed by atoms with Crippen molar-refractivity contribution >= 4 is 17.1 Å². The van der Waals surface area contributed by atoms with E-state index < -0.39 is 0 Å². The highest BCUT2D eigenvalue weighted by Crippen LogP contribution is 2.34. The van der Waals surface area contributed by atoms with Crippen molar-refractivity contribution in [3.8, 4) is 0 Å². The molecule has 0 aliphatic carbocycles. The van der Waals surface area contributed by atoms with E-state index in [4.69, 9.17) is 0 Å². The molecule has 0 bridgehead atoms. The average Bonchev–Trinajstić information content (AvgIpc) is 2.76. The van der Waals surface area contributed by atoms with Crippen molar-refractivity contribution in [2.75, 3.05) is 4.90 Å². The monoisotopic (exact) mass is 363 g/mol. The van der Waals surface area contributed by atoms with E-state index >= 15 is 0 Å². The number of hydrogen-bond acceptors (Lipinski definition) is 1. The molecule has 138 valence electrons. The predicted molar refractivity (Wildman–Crippen MR) is 120 cm³/mol. The Hall–Kier alpha value is -3.32. The molecule has 0 aliphatic rings. The summed E-state index contributed by atoms with van der Waals surface area (Å²) in [5.74, 6) is 0. The molecule has 0 saturated heterocycles. The molecule has 0 fully saturated rings. The number of rotatable bonds is 6. The number of para-hydroxylation sites is 2. The fraction of sp³-hybridized carbons (Fsp3) is 0.111. The van der Waals surface area contributed by atoms with Gasteiger partial charge in [-0.05, 0) is 67.3 Å². The molecule has 0 saturated carbocycles. The molecular formula is C27H25N. The largest absolute Gasteiger partial charge is 0.311 e. The lowest BCUT2D eigenvalue weighted by Crippen LogP contribution is -2.09. The van der Waals surface area contributed by atoms with Crippen LogP contribution in [0.15, 0.2) is 109 Å². The zero-order valence-corrected chi connectivity index (χ0v) is 16.3. The molecule has 0 N–H and O–H groups in total. The molecule has 0 aromatic heterocycles. The maximum Gasteiger partial charge on any atom is 0.0461 e. The van der Waals surface area contributed by atoms with E-state index in [0.29, 0.717) is 0 Å². The van der Waals surface area contributed by atoms with Crippen LogP contribution < -0.4 is 4.90 Å². The van der Waals surface area contributed by atoms with Crippen LogP contribution >= 0.6 is 0 Å². The first-order chi connectivity index (χ1) is 13.8. The number of hydrogen-bond donors (Lipinski definition) is 0. The van der Waals surface area contributed by atoms with Gasteiger partial charge in [-0.3, -0.25) is 0 Å². The van der Waals surface area contributed by atoms with Crippen molar-refractivity contribution in [2.45, 2.75) is 19.8 Å². The summed E-state index contributed by atoms with van der Waals surface area (Å²) in [5, 5.41) is 0. The van der Waals surface area contributed by atoms with E-state index in [1.807, 2.05) is 0 Å². The fourth-order valence-corrected chi connectivity index (χ4v) is 3.46. The first kappa shape index (κ1) is 18.1. The summed E-state index contributed by atoms with van der Waals surface area (Å²) in [6, 6.07) is 38.9. The van der Waals surface area contributed by atoms with Crippen LogP contribution in [-0.2, 0) is 12.8 Å². The maximum absolute atomic E-state index is 2.30. The maximum atomic E-state index is 2.30. The van der Waals surface area contributed by atoms with Crippen LogP contribution in [0, 0.1) is 6.92 Å². The highest BCUT2D eigenvalue weighted by molar-refractivity contribution is 5.76. The van der Waals surface area contributed by atoms with Crippen LogP contribution in [0.3, 0.4) is 0 Å². The van der Waals surface area contributed by atoms with Gasteiger partial charge in [0.25, 0.3) is 0 Å². The molecule has 1 nitrogen and oxygen atoms in total. The lowest BCUT2D eigenvalue weighted by atomic mass is 10.0. The van der Waals surface area contributed by atoms with Crippen LogP contribution in [0.4, 0.5) is 17.1 Å². The summed E-state index contributed by atoms with van der Waals surface area (Å²) in [4.78, 5) is 2.30. The Bertz CT molecular complexity index is 948. The number of benzene rings is 4. The second-order valence-electron chi connectivity index (χ2n) is 7.16. The number of nitrogens with zero attached hydrogens (tertiary/aromatic N) is 1. The van der Waals surface area contributed by atoms with E-state index in [1.54, 1.807) is 0 Å². The minimum absolute atomic E-state index is 1.06. The van der Waals surface area contributed by atoms with Crippen LogP contribution in [0.1, 0.15) is 16.7 Å². The second kappa shape index (κ2) is 8.58. The third-order valence-corrected chi connectivity index (χ3v) is 5.05. The molecular weight excluding hydrogens is 338 g/mol. The molecule has 4 aromatic rings. The molecule has 0 atom stereocenters. The molecule has 0 spiro atoms. The summed E-state index contributed by atoms with van der Waals surface area (Å²) in [6.07, 6.45) is 2.13. The van der Waals surface area contributed by atoms with Crippen LogP contribution in [0.5, 0.6) is 0 Å². The van der Waals surface area contributed by atoms with Crippen LogP contribution in [-0.4, -0.2) is 0 Å². The van der Waals surface area contributed by atoms with Crippen molar-refractivity contribution in [2.24, 2.45) is 0 Å². The van der Waals surface area contributed by atoms with Crippen molar-refractivity contribution < 1.29 is 0 Å². The third kappa shape index (κ3) is 4.32. The summed E-state index contributed by atoms with van der Waals surface area (Å²) in [5.41, 5.74) is 7.59. The highest BCUT2D eigenvalue weighted by atomic mass is 15.1. The standard InChI is InChI=1S/C27H25N/c1-22-12-14-23(15-13-22)16-17-24-18-20-27(21-19-24)28(25-8-4-2-5-9-25)26-10-6-3-7-11-26/h2-15,18-21H,16-17H2,1H3. The van der Waals surface area contributed by atoms with Crippen molar-refractivity contribution in [1.29, 1.82) is 0 Å². The molecule has 0 unspecified atom stereocenters. The molecule has 28 heavy (non-hydrogen) atoms. The van der Waals surface area contributed by atoms with E-state index in [1.165, 1.54) is 33.8 Å². The summed E-state index contributed by atoms with van der Waals surface area (Å²) in [6.45, 7) is 2.13. The van der Waals surface area contributed by atoms with Crippen LogP contribution in [0.2, 0.25) is 0 Å². The Morgan fingerprint density at radius 2 is 0.857 bits per heavy atom. The lowest BCUT2D eigenvalue weighted by molar-refractivity contribution is 0.959. The van der Waals surface area contributed by atoms with Gasteiger partial charge in [-0.25, -0.2) is 0 Å². The van der Waals surface area contributed by atoms with E-state index in [-0.39, 0.29) is 0 Å². The molecule has 0 aliphatic heterocycles. The molecule has 0 radical (unpaired) electrons. The van der Waals surface area contributed by atoms with Crippen molar-refractivity contribution in [1.82, 2.24) is 0 Å². The zero-order chi connectivity index (χ0) is 19.2. The Labute approximate surface area is 167 Å². The Balaban J connectivity index is 1.55. The minimum atomic E-state index is 1.06. The van der Waals surface area contributed by atoms with Crippen molar-refractivity contribution in [3.63, 3.8) is 0 Å². The number of anilines is 3. The predicted octanol–water partition coefficient (Wildman–Crippen LogP) is 7.25. The second-order valence-corrected chi connectivity index (χ2v) is 7.16. The number of aryl methyl sites for hydroxylation is 3. The molecule has 0 heterocycles. The van der Waals surface area contributed by atoms with Gasteiger partial charge < -0.3 is 4.90 Å². The molecule has 0 amide bonds. The van der Waals surface area contributed by atoms with E-state index in [2.05, 4.69) is 121 Å².